The molecule has 0 radical (unpaired) electrons. The average molecular weight is 550 g/mol. The van der Waals surface area contributed by atoms with Gasteiger partial charge in [0.2, 0.25) is 0 Å². The molecular weight excluding hydrogens is 514 g/mol. The third kappa shape index (κ3) is 6.87. The highest BCUT2D eigenvalue weighted by molar-refractivity contribution is 6.35. The van der Waals surface area contributed by atoms with Gasteiger partial charge in [-0.25, -0.2) is 14.6 Å². The van der Waals surface area contributed by atoms with Gasteiger partial charge in [0.1, 0.15) is 11.2 Å². The van der Waals surface area contributed by atoms with E-state index in [1.165, 1.54) is 12.0 Å². The SMILES string of the molecule is COC(=O)NCCCn1cc(CN(C(=O)[C@H]2CN(C(=O)OC(C)(C)C)CCO2)C2CC2)c2c(Cl)ccnc21. The highest BCUT2D eigenvalue weighted by Crippen LogP contribution is 2.34. The fourth-order valence-corrected chi connectivity index (χ4v) is 4.75. The van der Waals surface area contributed by atoms with Crippen molar-refractivity contribution < 1.29 is 28.6 Å². The van der Waals surface area contributed by atoms with Gasteiger partial charge >= 0.3 is 12.2 Å². The summed E-state index contributed by atoms with van der Waals surface area (Å²) in [6.45, 7) is 7.63. The predicted octanol–water partition coefficient (Wildman–Crippen LogP) is 3.56. The van der Waals surface area contributed by atoms with Crippen LogP contribution >= 0.6 is 11.6 Å². The first-order chi connectivity index (χ1) is 18.1. The van der Waals surface area contributed by atoms with Gasteiger partial charge in [0.15, 0.2) is 6.10 Å². The number of pyridine rings is 1. The Kier molecular flexibility index (Phi) is 8.67. The molecule has 1 saturated carbocycles. The largest absolute Gasteiger partial charge is 0.453 e. The van der Waals surface area contributed by atoms with Crippen LogP contribution in [-0.4, -0.2) is 88.5 Å². The Bertz CT molecular complexity index is 1170. The number of carbonyl (C=O) groups excluding carboxylic acids is 3. The molecule has 0 spiro atoms. The average Bonchev–Trinajstić information content (AvgIpc) is 3.66. The Balaban J connectivity index is 1.49. The number of amides is 3. The minimum atomic E-state index is -0.761. The maximum Gasteiger partial charge on any atom is 0.410 e. The van der Waals surface area contributed by atoms with Crippen LogP contribution < -0.4 is 5.32 Å². The maximum atomic E-state index is 13.7. The van der Waals surface area contributed by atoms with Crippen LogP contribution in [0.15, 0.2) is 18.5 Å². The molecular formula is C26H36ClN5O6. The lowest BCUT2D eigenvalue weighted by atomic mass is 10.1. The third-order valence-electron chi connectivity index (χ3n) is 6.42. The number of aromatic nitrogens is 2. The van der Waals surface area contributed by atoms with Crippen LogP contribution in [0.5, 0.6) is 0 Å². The summed E-state index contributed by atoms with van der Waals surface area (Å²) >= 11 is 6.60. The Morgan fingerprint density at radius 3 is 2.74 bits per heavy atom. The smallest absolute Gasteiger partial charge is 0.410 e. The molecule has 2 aliphatic rings. The number of nitrogens with zero attached hydrogens (tertiary/aromatic N) is 4. The van der Waals surface area contributed by atoms with E-state index in [0.717, 1.165) is 29.4 Å². The highest BCUT2D eigenvalue weighted by atomic mass is 35.5. The van der Waals surface area contributed by atoms with Crippen LogP contribution in [0.2, 0.25) is 5.02 Å². The Morgan fingerprint density at radius 2 is 2.05 bits per heavy atom. The Hall–Kier alpha value is -3.05. The van der Waals surface area contributed by atoms with Crippen molar-refractivity contribution >= 4 is 40.7 Å². The van der Waals surface area contributed by atoms with E-state index in [1.54, 1.807) is 12.3 Å². The molecule has 4 rings (SSSR count). The number of halogens is 1. The lowest BCUT2D eigenvalue weighted by Gasteiger charge is -2.35. The first-order valence-electron chi connectivity index (χ1n) is 12.9. The molecule has 0 bridgehead atoms. The van der Waals surface area contributed by atoms with Crippen molar-refractivity contribution in [2.24, 2.45) is 0 Å². The second-order valence-corrected chi connectivity index (χ2v) is 11.0. The number of rotatable bonds is 8. The minimum absolute atomic E-state index is 0.112. The first kappa shape index (κ1) is 28.0. The molecule has 11 nitrogen and oxygen atoms in total. The number of aryl methyl sites for hydroxylation is 1. The van der Waals surface area contributed by atoms with E-state index in [9.17, 15) is 14.4 Å². The van der Waals surface area contributed by atoms with Gasteiger partial charge in [-0.2, -0.15) is 0 Å². The Morgan fingerprint density at radius 1 is 1.29 bits per heavy atom. The van der Waals surface area contributed by atoms with Crippen LogP contribution in [0.4, 0.5) is 9.59 Å². The van der Waals surface area contributed by atoms with Gasteiger partial charge in [0, 0.05) is 55.6 Å². The summed E-state index contributed by atoms with van der Waals surface area (Å²) in [4.78, 5) is 45.5. The van der Waals surface area contributed by atoms with E-state index in [2.05, 4.69) is 15.0 Å². The number of carbonyl (C=O) groups is 3. The van der Waals surface area contributed by atoms with Crippen LogP contribution in [0.1, 0.15) is 45.6 Å². The van der Waals surface area contributed by atoms with Gasteiger partial charge in [-0.15, -0.1) is 0 Å². The van der Waals surface area contributed by atoms with Gasteiger partial charge in [0.25, 0.3) is 5.91 Å². The molecule has 1 N–H and O–H groups in total. The van der Waals surface area contributed by atoms with E-state index in [-0.39, 0.29) is 25.1 Å². The number of morpholine rings is 1. The zero-order chi connectivity index (χ0) is 27.4. The number of nitrogens with one attached hydrogen (secondary N) is 1. The first-order valence-corrected chi connectivity index (χ1v) is 13.3. The lowest BCUT2D eigenvalue weighted by molar-refractivity contribution is -0.150. The summed E-state index contributed by atoms with van der Waals surface area (Å²) in [5, 5.41) is 4.03. The van der Waals surface area contributed by atoms with E-state index >= 15 is 0 Å². The summed E-state index contributed by atoms with van der Waals surface area (Å²) in [5.41, 5.74) is 0.990. The van der Waals surface area contributed by atoms with Crippen molar-refractivity contribution in [2.75, 3.05) is 33.4 Å². The van der Waals surface area contributed by atoms with E-state index in [0.29, 0.717) is 37.6 Å². The van der Waals surface area contributed by atoms with E-state index in [4.69, 9.17) is 21.1 Å². The number of fused-ring (bicyclic) bond motifs is 1. The number of alkyl carbamates (subject to hydrolysis) is 1. The number of hydrogen-bond donors (Lipinski definition) is 1. The molecule has 2 aromatic heterocycles. The van der Waals surface area contributed by atoms with Crippen molar-refractivity contribution in [2.45, 2.75) is 70.9 Å². The molecule has 0 aromatic carbocycles. The number of methoxy groups -OCH3 is 1. The molecule has 3 heterocycles. The summed E-state index contributed by atoms with van der Waals surface area (Å²) in [6.07, 6.45) is 4.44. The van der Waals surface area contributed by atoms with Crippen molar-refractivity contribution in [3.8, 4) is 0 Å². The monoisotopic (exact) mass is 549 g/mol. The third-order valence-corrected chi connectivity index (χ3v) is 6.74. The van der Waals surface area contributed by atoms with Crippen molar-refractivity contribution in [3.63, 3.8) is 0 Å². The van der Waals surface area contributed by atoms with E-state index < -0.39 is 23.9 Å². The van der Waals surface area contributed by atoms with Crippen LogP contribution in [0.3, 0.4) is 0 Å². The van der Waals surface area contributed by atoms with Gasteiger partial charge in [-0.05, 0) is 46.1 Å². The molecule has 2 fully saturated rings. The molecule has 1 atom stereocenters. The van der Waals surface area contributed by atoms with E-state index in [1.807, 2.05) is 36.4 Å². The van der Waals surface area contributed by atoms with Crippen molar-refractivity contribution in [1.29, 1.82) is 0 Å². The summed E-state index contributed by atoms with van der Waals surface area (Å²) in [5.74, 6) is -0.149. The standard InChI is InChI=1S/C26H36ClN5O6/c1-26(2,3)38-25(35)31-12-13-37-20(16-31)23(33)32(18-6-7-18)15-17-14-30(11-5-9-29-24(34)36-4)22-21(17)19(27)8-10-28-22/h8,10,14,18,20H,5-7,9,11-13,15-16H2,1-4H3,(H,29,34)/t20-/m1/s1. The molecule has 1 aliphatic carbocycles. The van der Waals surface area contributed by atoms with Crippen molar-refractivity contribution in [3.05, 3.63) is 29.0 Å². The zero-order valence-corrected chi connectivity index (χ0v) is 23.1. The molecule has 1 saturated heterocycles. The van der Waals surface area contributed by atoms with Gasteiger partial charge in [0.05, 0.1) is 25.3 Å². The topological polar surface area (TPSA) is 115 Å². The van der Waals surface area contributed by atoms with Gasteiger partial charge < -0.3 is 33.9 Å². The molecule has 2 aromatic rings. The van der Waals surface area contributed by atoms with Crippen LogP contribution in [0, 0.1) is 0 Å². The second-order valence-electron chi connectivity index (χ2n) is 10.6. The zero-order valence-electron chi connectivity index (χ0n) is 22.4. The molecule has 3 amide bonds. The van der Waals surface area contributed by atoms with Crippen molar-refractivity contribution in [1.82, 2.24) is 24.7 Å². The molecule has 1 aliphatic heterocycles. The summed E-state index contributed by atoms with van der Waals surface area (Å²) in [7, 11) is 1.33. The minimum Gasteiger partial charge on any atom is -0.453 e. The quantitative estimate of drug-likeness (QED) is 0.500. The normalized spacial score (nSPS) is 17.8. The second kappa shape index (κ2) is 11.8. The van der Waals surface area contributed by atoms with Gasteiger partial charge in [-0.1, -0.05) is 11.6 Å². The molecule has 0 unspecified atom stereocenters. The number of ether oxygens (including phenoxy) is 3. The van der Waals surface area contributed by atoms with Gasteiger partial charge in [-0.3, -0.25) is 4.79 Å². The summed E-state index contributed by atoms with van der Waals surface area (Å²) < 4.78 is 17.9. The molecule has 208 valence electrons. The fraction of sp³-hybridized carbons (Fsp3) is 0.615. The van der Waals surface area contributed by atoms with Crippen LogP contribution in [-0.2, 0) is 32.1 Å². The predicted molar refractivity (Wildman–Crippen MR) is 141 cm³/mol. The fourth-order valence-electron chi connectivity index (χ4n) is 4.49. The molecule has 12 heteroatoms. The highest BCUT2D eigenvalue weighted by Gasteiger charge is 2.40. The molecule has 38 heavy (non-hydrogen) atoms. The van der Waals surface area contributed by atoms with Crippen LogP contribution in [0.25, 0.3) is 11.0 Å². The maximum absolute atomic E-state index is 13.7. The number of hydrogen-bond acceptors (Lipinski definition) is 7. The lowest BCUT2D eigenvalue weighted by Crippen LogP contribution is -2.53. The Labute approximate surface area is 227 Å². The summed E-state index contributed by atoms with van der Waals surface area (Å²) in [6, 6.07) is 1.85.